The third kappa shape index (κ3) is 3.28. The van der Waals surface area contributed by atoms with E-state index in [0.717, 1.165) is 18.4 Å². The minimum Gasteiger partial charge on any atom is -0.317 e. The first kappa shape index (κ1) is 15.0. The van der Waals surface area contributed by atoms with Gasteiger partial charge in [-0.3, -0.25) is 15.1 Å². The molecule has 2 aromatic rings. The number of pyridine rings is 1. The predicted molar refractivity (Wildman–Crippen MR) is 85.0 cm³/mol. The lowest BCUT2D eigenvalue weighted by Crippen LogP contribution is -2.34. The van der Waals surface area contributed by atoms with Gasteiger partial charge in [0, 0.05) is 36.8 Å². The molecule has 1 aromatic carbocycles. The van der Waals surface area contributed by atoms with E-state index in [0.29, 0.717) is 12.2 Å². The van der Waals surface area contributed by atoms with Gasteiger partial charge in [0.2, 0.25) is 0 Å². The lowest BCUT2D eigenvalue weighted by atomic mass is 10.1. The topological polar surface area (TPSA) is 88.4 Å². The molecular formula is C16H16N4O3. The molecule has 1 N–H and O–H groups in total. The molecular weight excluding hydrogens is 296 g/mol. The molecule has 7 nitrogen and oxygen atoms in total. The number of amides is 2. The number of hydrogen-bond donors (Lipinski definition) is 1. The number of carbonyl (C=O) groups is 1. The van der Waals surface area contributed by atoms with Gasteiger partial charge in [0.15, 0.2) is 0 Å². The van der Waals surface area contributed by atoms with Crippen molar-refractivity contribution in [3.63, 3.8) is 0 Å². The zero-order valence-corrected chi connectivity index (χ0v) is 12.4. The molecule has 1 atom stereocenters. The highest BCUT2D eigenvalue weighted by Gasteiger charge is 2.30. The maximum Gasteiger partial charge on any atom is 0.322 e. The number of hydrogen-bond acceptors (Lipinski definition) is 4. The summed E-state index contributed by atoms with van der Waals surface area (Å²) < 4.78 is 0. The summed E-state index contributed by atoms with van der Waals surface area (Å²) in [6.45, 7) is 0.653. The lowest BCUT2D eigenvalue weighted by molar-refractivity contribution is -0.384. The molecule has 1 saturated heterocycles. The molecule has 3 rings (SSSR count). The van der Waals surface area contributed by atoms with Crippen LogP contribution < -0.4 is 5.32 Å². The number of likely N-dealkylation sites (tertiary alicyclic amines) is 1. The molecule has 23 heavy (non-hydrogen) atoms. The van der Waals surface area contributed by atoms with Gasteiger partial charge < -0.3 is 10.2 Å². The van der Waals surface area contributed by atoms with Gasteiger partial charge in [0.25, 0.3) is 5.69 Å². The van der Waals surface area contributed by atoms with Crippen LogP contribution in [0.3, 0.4) is 0 Å². The summed E-state index contributed by atoms with van der Waals surface area (Å²) in [7, 11) is 0. The fraction of sp³-hybridized carbons (Fsp3) is 0.250. The quantitative estimate of drug-likeness (QED) is 0.695. The molecule has 0 saturated carbocycles. The van der Waals surface area contributed by atoms with Crippen molar-refractivity contribution in [1.82, 2.24) is 9.88 Å². The molecule has 1 aromatic heterocycles. The molecule has 0 spiro atoms. The Bertz CT molecular complexity index is 720. The van der Waals surface area contributed by atoms with Crippen molar-refractivity contribution in [2.24, 2.45) is 0 Å². The molecule has 2 amide bonds. The predicted octanol–water partition coefficient (Wildman–Crippen LogP) is 3.36. The smallest absolute Gasteiger partial charge is 0.317 e. The minimum atomic E-state index is -0.482. The van der Waals surface area contributed by atoms with Crippen LogP contribution >= 0.6 is 0 Å². The second kappa shape index (κ2) is 6.43. The van der Waals surface area contributed by atoms with Gasteiger partial charge in [-0.2, -0.15) is 0 Å². The standard InChI is InChI=1S/C16H16N4O3/c21-16(18-13-5-1-6-14(10-13)20(22)23)19-9-3-7-15(19)12-4-2-8-17-11-12/h1-2,4-6,8,10-11,15H,3,7,9H2,(H,18,21)/t15-/m0/s1. The number of aromatic nitrogens is 1. The second-order valence-electron chi connectivity index (χ2n) is 5.38. The van der Waals surface area contributed by atoms with Crippen molar-refractivity contribution in [3.05, 3.63) is 64.5 Å². The van der Waals surface area contributed by atoms with E-state index in [1.807, 2.05) is 12.1 Å². The van der Waals surface area contributed by atoms with Gasteiger partial charge in [0.1, 0.15) is 0 Å². The Balaban J connectivity index is 1.75. The van der Waals surface area contributed by atoms with E-state index in [1.165, 1.54) is 12.1 Å². The third-order valence-corrected chi connectivity index (χ3v) is 3.89. The number of benzene rings is 1. The van der Waals surface area contributed by atoms with Crippen molar-refractivity contribution in [1.29, 1.82) is 0 Å². The normalized spacial score (nSPS) is 17.0. The van der Waals surface area contributed by atoms with E-state index in [9.17, 15) is 14.9 Å². The van der Waals surface area contributed by atoms with Crippen LogP contribution in [0.5, 0.6) is 0 Å². The van der Waals surface area contributed by atoms with E-state index in [-0.39, 0.29) is 17.8 Å². The van der Waals surface area contributed by atoms with Crippen molar-refractivity contribution in [3.8, 4) is 0 Å². The van der Waals surface area contributed by atoms with Crippen LogP contribution in [0.1, 0.15) is 24.4 Å². The zero-order valence-electron chi connectivity index (χ0n) is 12.4. The summed E-state index contributed by atoms with van der Waals surface area (Å²) in [5.41, 5.74) is 1.37. The Morgan fingerprint density at radius 2 is 2.22 bits per heavy atom. The van der Waals surface area contributed by atoms with Gasteiger partial charge in [-0.15, -0.1) is 0 Å². The highest BCUT2D eigenvalue weighted by Crippen LogP contribution is 2.32. The first-order chi connectivity index (χ1) is 11.1. The number of nitrogens with one attached hydrogen (secondary N) is 1. The fourth-order valence-electron chi connectivity index (χ4n) is 2.82. The number of anilines is 1. The fourth-order valence-corrected chi connectivity index (χ4v) is 2.82. The highest BCUT2D eigenvalue weighted by atomic mass is 16.6. The van der Waals surface area contributed by atoms with E-state index >= 15 is 0 Å². The van der Waals surface area contributed by atoms with Crippen molar-refractivity contribution >= 4 is 17.4 Å². The maximum atomic E-state index is 12.5. The van der Waals surface area contributed by atoms with Gasteiger partial charge in [-0.25, -0.2) is 4.79 Å². The Kier molecular flexibility index (Phi) is 4.18. The van der Waals surface area contributed by atoms with Crippen LogP contribution in [-0.2, 0) is 0 Å². The number of rotatable bonds is 3. The molecule has 0 radical (unpaired) electrons. The molecule has 1 aliphatic heterocycles. The Hall–Kier alpha value is -2.96. The SMILES string of the molecule is O=C(Nc1cccc([N+](=O)[O-])c1)N1CCC[C@H]1c1cccnc1. The largest absolute Gasteiger partial charge is 0.322 e. The molecule has 118 valence electrons. The summed E-state index contributed by atoms with van der Waals surface area (Å²) in [5.74, 6) is 0. The summed E-state index contributed by atoms with van der Waals surface area (Å²) in [6.07, 6.45) is 5.27. The number of carbonyl (C=O) groups excluding carboxylic acids is 1. The van der Waals surface area contributed by atoms with Crippen LogP contribution in [0.25, 0.3) is 0 Å². The summed E-state index contributed by atoms with van der Waals surface area (Å²) in [4.78, 5) is 28.7. The monoisotopic (exact) mass is 312 g/mol. The number of nitro benzene ring substituents is 1. The molecule has 0 unspecified atom stereocenters. The van der Waals surface area contributed by atoms with Gasteiger partial charge >= 0.3 is 6.03 Å². The molecule has 2 heterocycles. The van der Waals surface area contributed by atoms with E-state index < -0.39 is 4.92 Å². The lowest BCUT2D eigenvalue weighted by Gasteiger charge is -2.25. The summed E-state index contributed by atoms with van der Waals surface area (Å²) in [6, 6.07) is 9.48. The number of non-ortho nitro benzene ring substituents is 1. The number of urea groups is 1. The molecule has 1 fully saturated rings. The molecule has 7 heteroatoms. The first-order valence-corrected chi connectivity index (χ1v) is 7.37. The maximum absolute atomic E-state index is 12.5. The van der Waals surface area contributed by atoms with Crippen LogP contribution in [-0.4, -0.2) is 27.4 Å². The molecule has 1 aliphatic rings. The van der Waals surface area contributed by atoms with Crippen LogP contribution in [0.15, 0.2) is 48.8 Å². The van der Waals surface area contributed by atoms with Crippen molar-refractivity contribution in [2.45, 2.75) is 18.9 Å². The van der Waals surface area contributed by atoms with Crippen LogP contribution in [0.2, 0.25) is 0 Å². The van der Waals surface area contributed by atoms with E-state index in [2.05, 4.69) is 10.3 Å². The molecule has 0 bridgehead atoms. The Morgan fingerprint density at radius 3 is 2.96 bits per heavy atom. The first-order valence-electron chi connectivity index (χ1n) is 7.37. The Labute approximate surface area is 133 Å². The zero-order chi connectivity index (χ0) is 16.2. The Morgan fingerprint density at radius 1 is 1.35 bits per heavy atom. The van der Waals surface area contributed by atoms with Crippen LogP contribution in [0.4, 0.5) is 16.2 Å². The van der Waals surface area contributed by atoms with E-state index in [1.54, 1.807) is 29.4 Å². The number of nitro groups is 1. The average molecular weight is 312 g/mol. The van der Waals surface area contributed by atoms with Gasteiger partial charge in [-0.05, 0) is 30.5 Å². The minimum absolute atomic E-state index is 0.0117. The summed E-state index contributed by atoms with van der Waals surface area (Å²) >= 11 is 0. The van der Waals surface area contributed by atoms with Gasteiger partial charge in [-0.1, -0.05) is 12.1 Å². The van der Waals surface area contributed by atoms with Crippen LogP contribution in [0, 0.1) is 10.1 Å². The van der Waals surface area contributed by atoms with Crippen molar-refractivity contribution < 1.29 is 9.72 Å². The summed E-state index contributed by atoms with van der Waals surface area (Å²) in [5, 5.41) is 13.5. The average Bonchev–Trinajstić information content (AvgIpc) is 3.05. The van der Waals surface area contributed by atoms with E-state index in [4.69, 9.17) is 0 Å². The highest BCUT2D eigenvalue weighted by molar-refractivity contribution is 5.90. The van der Waals surface area contributed by atoms with Gasteiger partial charge in [0.05, 0.1) is 11.0 Å². The van der Waals surface area contributed by atoms with Crippen molar-refractivity contribution in [2.75, 3.05) is 11.9 Å². The third-order valence-electron chi connectivity index (χ3n) is 3.89. The number of nitrogens with zero attached hydrogens (tertiary/aromatic N) is 3. The second-order valence-corrected chi connectivity index (χ2v) is 5.38. The molecule has 0 aliphatic carbocycles.